The van der Waals surface area contributed by atoms with E-state index >= 15 is 0 Å². The minimum atomic E-state index is 0.181. The molecule has 144 valence electrons. The van der Waals surface area contributed by atoms with Crippen molar-refractivity contribution in [3.8, 4) is 5.75 Å². The van der Waals surface area contributed by atoms with Gasteiger partial charge in [0.25, 0.3) is 0 Å². The number of hydrogen-bond acceptors (Lipinski definition) is 5. The van der Waals surface area contributed by atoms with Crippen molar-refractivity contribution in [2.24, 2.45) is 0 Å². The molecule has 1 aliphatic rings. The van der Waals surface area contributed by atoms with E-state index < -0.39 is 0 Å². The van der Waals surface area contributed by atoms with Crippen LogP contribution >= 0.6 is 0 Å². The van der Waals surface area contributed by atoms with E-state index in [0.29, 0.717) is 6.54 Å². The standard InChI is InChI=1S/C21H28N4O2/c1-17-14-24(19-6-8-20(27-3)9-7-19)11-12-25(17)21(26)16-23(2)15-18-5-4-10-22-13-18/h4-10,13,17H,11-12,14-16H2,1-3H3/t17-/m1/s1. The van der Waals surface area contributed by atoms with Crippen LogP contribution in [0.2, 0.25) is 0 Å². The number of nitrogens with zero attached hydrogens (tertiary/aromatic N) is 4. The lowest BCUT2D eigenvalue weighted by Crippen LogP contribution is -2.55. The Morgan fingerprint density at radius 3 is 2.67 bits per heavy atom. The van der Waals surface area contributed by atoms with E-state index in [-0.39, 0.29) is 11.9 Å². The highest BCUT2D eigenvalue weighted by atomic mass is 16.5. The lowest BCUT2D eigenvalue weighted by molar-refractivity contribution is -0.134. The summed E-state index contributed by atoms with van der Waals surface area (Å²) in [6.07, 6.45) is 3.61. The van der Waals surface area contributed by atoms with Gasteiger partial charge in [0, 0.05) is 50.3 Å². The van der Waals surface area contributed by atoms with Crippen LogP contribution in [0.25, 0.3) is 0 Å². The van der Waals surface area contributed by atoms with E-state index in [1.165, 1.54) is 5.69 Å². The first kappa shape index (κ1) is 19.2. The first-order valence-corrected chi connectivity index (χ1v) is 9.32. The van der Waals surface area contributed by atoms with Gasteiger partial charge in [-0.3, -0.25) is 14.7 Å². The summed E-state index contributed by atoms with van der Waals surface area (Å²) in [7, 11) is 3.65. The van der Waals surface area contributed by atoms with Crippen molar-refractivity contribution < 1.29 is 9.53 Å². The summed E-state index contributed by atoms with van der Waals surface area (Å²) in [5.41, 5.74) is 2.29. The van der Waals surface area contributed by atoms with Crippen molar-refractivity contribution in [2.45, 2.75) is 19.5 Å². The molecule has 1 atom stereocenters. The van der Waals surface area contributed by atoms with Gasteiger partial charge in [0.15, 0.2) is 0 Å². The molecule has 0 aliphatic carbocycles. The molecular weight excluding hydrogens is 340 g/mol. The number of amides is 1. The predicted molar refractivity (Wildman–Crippen MR) is 107 cm³/mol. The monoisotopic (exact) mass is 368 g/mol. The Kier molecular flexibility index (Phi) is 6.29. The van der Waals surface area contributed by atoms with Crippen LogP contribution in [-0.4, -0.2) is 67.1 Å². The van der Waals surface area contributed by atoms with E-state index in [1.807, 2.05) is 47.3 Å². The van der Waals surface area contributed by atoms with Gasteiger partial charge in [-0.2, -0.15) is 0 Å². The summed E-state index contributed by atoms with van der Waals surface area (Å²) >= 11 is 0. The van der Waals surface area contributed by atoms with Gasteiger partial charge in [-0.25, -0.2) is 0 Å². The van der Waals surface area contributed by atoms with Crippen molar-refractivity contribution in [3.63, 3.8) is 0 Å². The molecule has 1 saturated heterocycles. The average Bonchev–Trinajstić information content (AvgIpc) is 2.68. The molecule has 1 amide bonds. The molecule has 0 spiro atoms. The van der Waals surface area contributed by atoms with Gasteiger partial charge in [0.1, 0.15) is 5.75 Å². The number of carbonyl (C=O) groups is 1. The Balaban J connectivity index is 1.53. The lowest BCUT2D eigenvalue weighted by Gasteiger charge is -2.41. The van der Waals surface area contributed by atoms with Crippen molar-refractivity contribution in [2.75, 3.05) is 45.2 Å². The molecule has 1 aromatic heterocycles. The molecule has 0 saturated carbocycles. The van der Waals surface area contributed by atoms with E-state index in [4.69, 9.17) is 4.74 Å². The number of likely N-dealkylation sites (N-methyl/N-ethyl adjacent to an activating group) is 1. The van der Waals surface area contributed by atoms with Crippen molar-refractivity contribution in [1.82, 2.24) is 14.8 Å². The largest absolute Gasteiger partial charge is 0.497 e. The third-order valence-electron chi connectivity index (χ3n) is 4.97. The lowest BCUT2D eigenvalue weighted by atomic mass is 10.1. The summed E-state index contributed by atoms with van der Waals surface area (Å²) in [4.78, 5) is 23.3. The Morgan fingerprint density at radius 1 is 1.26 bits per heavy atom. The number of rotatable bonds is 6. The average molecular weight is 368 g/mol. The summed E-state index contributed by atoms with van der Waals surface area (Å²) in [6.45, 7) is 5.68. The summed E-state index contributed by atoms with van der Waals surface area (Å²) in [5.74, 6) is 1.04. The highest BCUT2D eigenvalue weighted by Gasteiger charge is 2.28. The SMILES string of the molecule is COc1ccc(N2CCN(C(=O)CN(C)Cc3cccnc3)[C@H](C)C2)cc1. The second-order valence-electron chi connectivity index (χ2n) is 7.11. The molecular formula is C21H28N4O2. The fraction of sp³-hybridized carbons (Fsp3) is 0.429. The minimum Gasteiger partial charge on any atom is -0.497 e. The van der Waals surface area contributed by atoms with Gasteiger partial charge >= 0.3 is 0 Å². The smallest absolute Gasteiger partial charge is 0.237 e. The van der Waals surface area contributed by atoms with Gasteiger partial charge in [-0.05, 0) is 49.9 Å². The van der Waals surface area contributed by atoms with Crippen LogP contribution in [-0.2, 0) is 11.3 Å². The molecule has 2 heterocycles. The van der Waals surface area contributed by atoms with Crippen LogP contribution in [0.4, 0.5) is 5.69 Å². The van der Waals surface area contributed by atoms with Crippen LogP contribution in [0, 0.1) is 0 Å². The van der Waals surface area contributed by atoms with Crippen LogP contribution in [0.5, 0.6) is 5.75 Å². The van der Waals surface area contributed by atoms with Gasteiger partial charge in [0.2, 0.25) is 5.91 Å². The highest BCUT2D eigenvalue weighted by molar-refractivity contribution is 5.79. The molecule has 6 heteroatoms. The quantitative estimate of drug-likeness (QED) is 0.783. The Labute approximate surface area is 161 Å². The van der Waals surface area contributed by atoms with E-state index in [0.717, 1.165) is 37.5 Å². The Morgan fingerprint density at radius 2 is 2.04 bits per heavy atom. The Hall–Kier alpha value is -2.60. The normalized spacial score (nSPS) is 17.3. The van der Waals surface area contributed by atoms with Crippen molar-refractivity contribution in [1.29, 1.82) is 0 Å². The van der Waals surface area contributed by atoms with E-state index in [9.17, 15) is 4.79 Å². The van der Waals surface area contributed by atoms with Crippen molar-refractivity contribution >= 4 is 11.6 Å². The maximum absolute atomic E-state index is 12.8. The zero-order valence-corrected chi connectivity index (χ0v) is 16.3. The summed E-state index contributed by atoms with van der Waals surface area (Å²) in [6, 6.07) is 12.2. The molecule has 1 fully saturated rings. The molecule has 6 nitrogen and oxygen atoms in total. The van der Waals surface area contributed by atoms with Crippen LogP contribution < -0.4 is 9.64 Å². The van der Waals surface area contributed by atoms with Crippen molar-refractivity contribution in [3.05, 3.63) is 54.4 Å². The molecule has 27 heavy (non-hydrogen) atoms. The molecule has 1 aliphatic heterocycles. The van der Waals surface area contributed by atoms with Crippen LogP contribution in [0.15, 0.2) is 48.8 Å². The fourth-order valence-corrected chi connectivity index (χ4v) is 3.54. The first-order chi connectivity index (χ1) is 13.1. The van der Waals surface area contributed by atoms with Gasteiger partial charge in [0.05, 0.1) is 13.7 Å². The Bertz CT molecular complexity index is 736. The number of ether oxygens (including phenoxy) is 1. The second-order valence-corrected chi connectivity index (χ2v) is 7.11. The zero-order valence-electron chi connectivity index (χ0n) is 16.3. The number of methoxy groups -OCH3 is 1. The maximum Gasteiger partial charge on any atom is 0.237 e. The predicted octanol–water partition coefficient (Wildman–Crippen LogP) is 2.26. The van der Waals surface area contributed by atoms with E-state index in [2.05, 4.69) is 28.9 Å². The fourth-order valence-electron chi connectivity index (χ4n) is 3.54. The maximum atomic E-state index is 12.8. The van der Waals surface area contributed by atoms with Gasteiger partial charge in [-0.15, -0.1) is 0 Å². The number of piperazine rings is 1. The van der Waals surface area contributed by atoms with Gasteiger partial charge in [-0.1, -0.05) is 6.07 Å². The third-order valence-corrected chi connectivity index (χ3v) is 4.97. The molecule has 0 bridgehead atoms. The molecule has 0 radical (unpaired) electrons. The second kappa shape index (κ2) is 8.86. The third kappa shape index (κ3) is 4.98. The van der Waals surface area contributed by atoms with Crippen LogP contribution in [0.3, 0.4) is 0 Å². The van der Waals surface area contributed by atoms with E-state index in [1.54, 1.807) is 13.3 Å². The minimum absolute atomic E-state index is 0.181. The number of pyridine rings is 1. The number of anilines is 1. The van der Waals surface area contributed by atoms with Crippen LogP contribution in [0.1, 0.15) is 12.5 Å². The highest BCUT2D eigenvalue weighted by Crippen LogP contribution is 2.22. The number of hydrogen-bond donors (Lipinski definition) is 0. The molecule has 3 rings (SSSR count). The molecule has 0 N–H and O–H groups in total. The molecule has 1 aromatic carbocycles. The molecule has 2 aromatic rings. The number of aromatic nitrogens is 1. The first-order valence-electron chi connectivity index (χ1n) is 9.32. The number of benzene rings is 1. The summed E-state index contributed by atoms with van der Waals surface area (Å²) in [5, 5.41) is 0. The van der Waals surface area contributed by atoms with Gasteiger partial charge < -0.3 is 14.5 Å². The topological polar surface area (TPSA) is 48.9 Å². The molecule has 0 unspecified atom stereocenters. The number of carbonyl (C=O) groups excluding carboxylic acids is 1. The zero-order chi connectivity index (χ0) is 19.2. The summed E-state index contributed by atoms with van der Waals surface area (Å²) < 4.78 is 5.23.